The van der Waals surface area contributed by atoms with E-state index in [-0.39, 0.29) is 29.9 Å². The van der Waals surface area contributed by atoms with Crippen LogP contribution >= 0.6 is 0 Å². The van der Waals surface area contributed by atoms with Gasteiger partial charge in [-0.15, -0.1) is 0 Å². The van der Waals surface area contributed by atoms with Crippen LogP contribution < -0.4 is 16.0 Å². The zero-order chi connectivity index (χ0) is 23.1. The fourth-order valence-electron chi connectivity index (χ4n) is 6.07. The predicted molar refractivity (Wildman–Crippen MR) is 130 cm³/mol. The number of nitrogens with one attached hydrogen (secondary N) is 3. The maximum absolute atomic E-state index is 6.03. The van der Waals surface area contributed by atoms with Gasteiger partial charge in [0, 0.05) is 54.2 Å². The number of rotatable bonds is 6. The Bertz CT molecular complexity index is 1070. The summed E-state index contributed by atoms with van der Waals surface area (Å²) in [6.07, 6.45) is 13.7. The van der Waals surface area contributed by atoms with Gasteiger partial charge in [0.15, 0.2) is 0 Å². The quantitative estimate of drug-likeness (QED) is 0.621. The molecule has 0 spiro atoms. The van der Waals surface area contributed by atoms with E-state index in [1.807, 2.05) is 33.3 Å². The van der Waals surface area contributed by atoms with Crippen LogP contribution in [0.1, 0.15) is 29.4 Å². The number of aliphatic imine (C=N–C) groups is 1. The fraction of sp³-hybridized carbons (Fsp3) is 0.462. The molecule has 0 saturated heterocycles. The zero-order valence-corrected chi connectivity index (χ0v) is 19.8. The van der Waals surface area contributed by atoms with E-state index in [0.717, 1.165) is 35.8 Å². The van der Waals surface area contributed by atoms with Crippen LogP contribution in [0.15, 0.2) is 69.1 Å². The summed E-state index contributed by atoms with van der Waals surface area (Å²) in [4.78, 5) is 4.69. The van der Waals surface area contributed by atoms with Crippen LogP contribution in [0.5, 0.6) is 0 Å². The molecule has 4 aliphatic rings. The normalized spacial score (nSPS) is 32.5. The molecule has 33 heavy (non-hydrogen) atoms. The first-order valence-corrected chi connectivity index (χ1v) is 11.7. The smallest absolute Gasteiger partial charge is 0.137 e. The van der Waals surface area contributed by atoms with Crippen molar-refractivity contribution in [3.8, 4) is 0 Å². The molecule has 0 radical (unpaired) electrons. The van der Waals surface area contributed by atoms with Gasteiger partial charge in [-0.25, -0.2) is 4.99 Å². The second kappa shape index (κ2) is 8.80. The largest absolute Gasteiger partial charge is 0.380 e. The molecule has 1 aromatic rings. The number of fused-ring (bicyclic) bond motifs is 2. The highest BCUT2D eigenvalue weighted by Crippen LogP contribution is 2.47. The van der Waals surface area contributed by atoms with Crippen LogP contribution in [0.2, 0.25) is 0 Å². The number of hydrogen-bond donors (Lipinski definition) is 3. The summed E-state index contributed by atoms with van der Waals surface area (Å²) < 4.78 is 11.5. The lowest BCUT2D eigenvalue weighted by atomic mass is 9.70. The Morgan fingerprint density at radius 2 is 2.21 bits per heavy atom. The van der Waals surface area contributed by atoms with Crippen LogP contribution in [0.4, 0.5) is 0 Å². The van der Waals surface area contributed by atoms with Crippen molar-refractivity contribution < 1.29 is 9.26 Å². The van der Waals surface area contributed by atoms with Gasteiger partial charge in [0.1, 0.15) is 11.6 Å². The lowest BCUT2D eigenvalue weighted by Crippen LogP contribution is -2.46. The van der Waals surface area contributed by atoms with Crippen molar-refractivity contribution in [2.45, 2.75) is 38.3 Å². The van der Waals surface area contributed by atoms with Gasteiger partial charge in [-0.1, -0.05) is 42.1 Å². The minimum absolute atomic E-state index is 0.0365. The number of nitrogens with zero attached hydrogens (tertiary/aromatic N) is 2. The predicted octanol–water partition coefficient (Wildman–Crippen LogP) is 3.24. The Morgan fingerprint density at radius 3 is 2.91 bits per heavy atom. The molecule has 0 saturated carbocycles. The van der Waals surface area contributed by atoms with Crippen molar-refractivity contribution in [2.75, 3.05) is 20.7 Å². The second-order valence-corrected chi connectivity index (χ2v) is 9.28. The Labute approximate surface area is 195 Å². The first-order chi connectivity index (χ1) is 16.1. The Morgan fingerprint density at radius 1 is 1.36 bits per heavy atom. The van der Waals surface area contributed by atoms with E-state index in [0.29, 0.717) is 5.92 Å². The van der Waals surface area contributed by atoms with Crippen LogP contribution in [-0.2, 0) is 4.74 Å². The van der Waals surface area contributed by atoms with Crippen molar-refractivity contribution in [2.24, 2.45) is 22.7 Å². The van der Waals surface area contributed by atoms with E-state index in [4.69, 9.17) is 14.3 Å². The highest BCUT2D eigenvalue weighted by Gasteiger charge is 2.46. The molecule has 7 nitrogen and oxygen atoms in total. The number of ether oxygens (including phenoxy) is 1. The average molecular weight is 448 g/mol. The van der Waals surface area contributed by atoms with Crippen molar-refractivity contribution in [1.29, 1.82) is 0 Å². The molecule has 0 bridgehead atoms. The number of aryl methyl sites for hydroxylation is 2. The molecule has 3 N–H and O–H groups in total. The molecule has 2 unspecified atom stereocenters. The summed E-state index contributed by atoms with van der Waals surface area (Å²) >= 11 is 0. The molecular formula is C26H33N5O2. The second-order valence-electron chi connectivity index (χ2n) is 9.28. The van der Waals surface area contributed by atoms with E-state index in [2.05, 4.69) is 52.0 Å². The Kier molecular flexibility index (Phi) is 5.85. The van der Waals surface area contributed by atoms with Gasteiger partial charge in [0.05, 0.1) is 24.2 Å². The lowest BCUT2D eigenvalue weighted by Gasteiger charge is -2.39. The van der Waals surface area contributed by atoms with E-state index in [9.17, 15) is 0 Å². The summed E-state index contributed by atoms with van der Waals surface area (Å²) in [6.45, 7) is 8.92. The topological polar surface area (TPSA) is 83.7 Å². The molecule has 0 fully saturated rings. The van der Waals surface area contributed by atoms with Crippen molar-refractivity contribution in [1.82, 2.24) is 21.1 Å². The lowest BCUT2D eigenvalue weighted by molar-refractivity contribution is 0.0692. The molecule has 5 rings (SSSR count). The number of hydrogen-bond acceptors (Lipinski definition) is 7. The maximum atomic E-state index is 6.03. The van der Waals surface area contributed by atoms with Crippen molar-refractivity contribution in [3.05, 3.63) is 76.6 Å². The Balaban J connectivity index is 1.50. The summed E-state index contributed by atoms with van der Waals surface area (Å²) in [6, 6.07) is 0.146. The van der Waals surface area contributed by atoms with Gasteiger partial charge in [0.25, 0.3) is 0 Å². The number of allylic oxidation sites excluding steroid dienone is 4. The SMILES string of the molecule is C=CC1=CC=C[C@H]([C@H]2NC=NC3=C2[C@@H]2C[C@H](OC)C(c4c(C)noc4C)C=C2N3)C1CNC. The minimum Gasteiger partial charge on any atom is -0.380 e. The summed E-state index contributed by atoms with van der Waals surface area (Å²) in [5.41, 5.74) is 5.84. The van der Waals surface area contributed by atoms with Crippen LogP contribution in [0, 0.1) is 31.6 Å². The summed E-state index contributed by atoms with van der Waals surface area (Å²) in [5.74, 6) is 2.77. The maximum Gasteiger partial charge on any atom is 0.137 e. The van der Waals surface area contributed by atoms with E-state index in [1.165, 1.54) is 16.8 Å². The molecule has 7 heteroatoms. The third-order valence-corrected chi connectivity index (χ3v) is 7.58. The summed E-state index contributed by atoms with van der Waals surface area (Å²) in [7, 11) is 3.81. The van der Waals surface area contributed by atoms with Gasteiger partial charge in [-0.05, 0) is 32.9 Å². The molecule has 2 aliphatic heterocycles. The highest BCUT2D eigenvalue weighted by atomic mass is 16.5. The molecule has 174 valence electrons. The van der Waals surface area contributed by atoms with Crippen LogP contribution in [0.25, 0.3) is 0 Å². The summed E-state index contributed by atoms with van der Waals surface area (Å²) in [5, 5.41) is 14.8. The zero-order valence-electron chi connectivity index (χ0n) is 19.8. The number of aromatic nitrogens is 1. The molecular weight excluding hydrogens is 414 g/mol. The monoisotopic (exact) mass is 447 g/mol. The number of methoxy groups -OCH3 is 1. The first-order valence-electron chi connectivity index (χ1n) is 11.7. The fourth-order valence-corrected chi connectivity index (χ4v) is 6.07. The average Bonchev–Trinajstić information content (AvgIpc) is 3.36. The third-order valence-electron chi connectivity index (χ3n) is 7.58. The van der Waals surface area contributed by atoms with Gasteiger partial charge in [0.2, 0.25) is 0 Å². The van der Waals surface area contributed by atoms with Crippen LogP contribution in [-0.4, -0.2) is 44.3 Å². The third kappa shape index (κ3) is 3.60. The highest BCUT2D eigenvalue weighted by molar-refractivity contribution is 5.63. The molecule has 2 aliphatic carbocycles. The first kappa shape index (κ1) is 21.9. The van der Waals surface area contributed by atoms with Gasteiger partial charge < -0.3 is 25.2 Å². The minimum atomic E-state index is 0.0365. The Hall–Kier alpha value is -2.90. The molecule has 1 aromatic heterocycles. The standard InChI is InChI=1S/C26H33N5O2/c1-6-16-8-7-9-17(20(16)12-27-4)25-24-18-11-22(32-5)19(23-14(2)31-33-15(23)3)10-21(18)30-26(24)29-13-28-25/h6-10,13,17-20,22,25,27,30H,1,11-12H2,2-5H3,(H,28,29)/t17-,18+,19?,20?,22-,25+/m0/s1. The van der Waals surface area contributed by atoms with Crippen molar-refractivity contribution >= 4 is 6.34 Å². The van der Waals surface area contributed by atoms with E-state index < -0.39 is 0 Å². The molecule has 0 amide bonds. The van der Waals surface area contributed by atoms with Gasteiger partial charge >= 0.3 is 0 Å². The van der Waals surface area contributed by atoms with Gasteiger partial charge in [-0.2, -0.15) is 0 Å². The van der Waals surface area contributed by atoms with E-state index >= 15 is 0 Å². The molecule has 6 atom stereocenters. The van der Waals surface area contributed by atoms with E-state index in [1.54, 1.807) is 7.11 Å². The van der Waals surface area contributed by atoms with Gasteiger partial charge in [-0.3, -0.25) is 0 Å². The molecule has 0 aromatic carbocycles. The molecule has 3 heterocycles. The van der Waals surface area contributed by atoms with Crippen molar-refractivity contribution in [3.63, 3.8) is 0 Å². The van der Waals surface area contributed by atoms with Crippen LogP contribution in [0.3, 0.4) is 0 Å².